The summed E-state index contributed by atoms with van der Waals surface area (Å²) >= 11 is 5.85. The van der Waals surface area contributed by atoms with Gasteiger partial charge in [-0.05, 0) is 18.2 Å². The first-order valence-electron chi connectivity index (χ1n) is 4.40. The van der Waals surface area contributed by atoms with Crippen molar-refractivity contribution in [3.8, 4) is 5.69 Å². The van der Waals surface area contributed by atoms with Crippen LogP contribution in [0.25, 0.3) is 5.69 Å². The van der Waals surface area contributed by atoms with Crippen molar-refractivity contribution in [1.82, 2.24) is 15.0 Å². The Kier molecular flexibility index (Phi) is 2.78. The predicted octanol–water partition coefficient (Wildman–Crippen LogP) is 1.66. The molecule has 0 saturated carbocycles. The van der Waals surface area contributed by atoms with E-state index in [0.29, 0.717) is 10.7 Å². The summed E-state index contributed by atoms with van der Waals surface area (Å²) < 4.78 is 1.59. The number of nitrogens with zero attached hydrogens (tertiary/aromatic N) is 3. The number of aromatic nitrogens is 3. The molecule has 0 aliphatic carbocycles. The quantitative estimate of drug-likeness (QED) is 0.741. The average Bonchev–Trinajstić information content (AvgIpc) is 2.67. The monoisotopic (exact) mass is 221 g/mol. The second-order valence-corrected chi connectivity index (χ2v) is 3.44. The van der Waals surface area contributed by atoms with Gasteiger partial charge in [-0.3, -0.25) is 0 Å². The third kappa shape index (κ3) is 2.22. The summed E-state index contributed by atoms with van der Waals surface area (Å²) in [5, 5.41) is 8.38. The van der Waals surface area contributed by atoms with Gasteiger partial charge in [0.15, 0.2) is 0 Å². The SMILES string of the molecule is O=CCc1cn(-c2cccc(Cl)c2)nn1. The van der Waals surface area contributed by atoms with Crippen LogP contribution >= 0.6 is 11.6 Å². The number of halogens is 1. The fraction of sp³-hybridized carbons (Fsp3) is 0.100. The Morgan fingerprint density at radius 1 is 1.47 bits per heavy atom. The summed E-state index contributed by atoms with van der Waals surface area (Å²) in [6.45, 7) is 0. The van der Waals surface area contributed by atoms with Crippen LogP contribution in [0.1, 0.15) is 5.69 Å². The number of rotatable bonds is 3. The maximum atomic E-state index is 10.3. The van der Waals surface area contributed by atoms with Gasteiger partial charge in [-0.15, -0.1) is 5.10 Å². The summed E-state index contributed by atoms with van der Waals surface area (Å²) in [5.74, 6) is 0. The molecule has 0 bridgehead atoms. The van der Waals surface area contributed by atoms with Crippen molar-refractivity contribution in [3.05, 3.63) is 41.2 Å². The Balaban J connectivity index is 2.32. The molecule has 0 radical (unpaired) electrons. The Labute approximate surface area is 91.5 Å². The lowest BCUT2D eigenvalue weighted by Crippen LogP contribution is -1.93. The van der Waals surface area contributed by atoms with Crippen LogP contribution in [-0.4, -0.2) is 21.3 Å². The summed E-state index contributed by atoms with van der Waals surface area (Å²) in [6.07, 6.45) is 2.78. The molecule has 1 aromatic heterocycles. The van der Waals surface area contributed by atoms with Gasteiger partial charge >= 0.3 is 0 Å². The van der Waals surface area contributed by atoms with Gasteiger partial charge in [-0.2, -0.15) is 0 Å². The molecule has 2 rings (SSSR count). The van der Waals surface area contributed by atoms with Crippen LogP contribution in [-0.2, 0) is 11.2 Å². The molecule has 4 nitrogen and oxygen atoms in total. The minimum Gasteiger partial charge on any atom is -0.303 e. The number of carbonyl (C=O) groups excluding carboxylic acids is 1. The topological polar surface area (TPSA) is 47.8 Å². The van der Waals surface area contributed by atoms with E-state index in [1.54, 1.807) is 23.0 Å². The number of carbonyl (C=O) groups is 1. The largest absolute Gasteiger partial charge is 0.303 e. The van der Waals surface area contributed by atoms with Gasteiger partial charge < -0.3 is 4.79 Å². The third-order valence-corrected chi connectivity index (χ3v) is 2.14. The zero-order valence-electron chi connectivity index (χ0n) is 7.80. The Morgan fingerprint density at radius 2 is 2.33 bits per heavy atom. The summed E-state index contributed by atoms with van der Waals surface area (Å²) in [5.41, 5.74) is 1.47. The van der Waals surface area contributed by atoms with Crippen LogP contribution in [0.15, 0.2) is 30.5 Å². The van der Waals surface area contributed by atoms with E-state index in [-0.39, 0.29) is 6.42 Å². The van der Waals surface area contributed by atoms with Gasteiger partial charge in [0.25, 0.3) is 0 Å². The van der Waals surface area contributed by atoms with Crippen LogP contribution in [0.3, 0.4) is 0 Å². The van der Waals surface area contributed by atoms with Crippen molar-refractivity contribution in [2.75, 3.05) is 0 Å². The van der Waals surface area contributed by atoms with E-state index in [0.717, 1.165) is 12.0 Å². The molecule has 0 aliphatic heterocycles. The molecule has 2 aromatic rings. The highest BCUT2D eigenvalue weighted by molar-refractivity contribution is 6.30. The second-order valence-electron chi connectivity index (χ2n) is 3.01. The van der Waals surface area contributed by atoms with Crippen LogP contribution in [0, 0.1) is 0 Å². The van der Waals surface area contributed by atoms with Crippen molar-refractivity contribution < 1.29 is 4.79 Å². The zero-order valence-corrected chi connectivity index (χ0v) is 8.55. The minimum atomic E-state index is 0.278. The van der Waals surface area contributed by atoms with Crippen molar-refractivity contribution in [2.24, 2.45) is 0 Å². The van der Waals surface area contributed by atoms with Crippen molar-refractivity contribution in [1.29, 1.82) is 0 Å². The fourth-order valence-corrected chi connectivity index (χ4v) is 1.41. The molecule has 0 N–H and O–H groups in total. The summed E-state index contributed by atoms with van der Waals surface area (Å²) in [4.78, 5) is 10.3. The first-order chi connectivity index (χ1) is 7.29. The Bertz CT molecular complexity index is 481. The van der Waals surface area contributed by atoms with E-state index in [2.05, 4.69) is 10.3 Å². The maximum Gasteiger partial charge on any atom is 0.126 e. The molecule has 0 fully saturated rings. The van der Waals surface area contributed by atoms with Gasteiger partial charge in [-0.25, -0.2) is 4.68 Å². The maximum absolute atomic E-state index is 10.3. The number of hydrogen-bond donors (Lipinski definition) is 0. The molecule has 15 heavy (non-hydrogen) atoms. The standard InChI is InChI=1S/C10H8ClN3O/c11-8-2-1-3-10(6-8)14-7-9(4-5-15)12-13-14/h1-3,5-7H,4H2. The van der Waals surface area contributed by atoms with Gasteiger partial charge in [0.2, 0.25) is 0 Å². The molecule has 0 unspecified atom stereocenters. The molecule has 0 saturated heterocycles. The minimum absolute atomic E-state index is 0.278. The molecular formula is C10H8ClN3O. The summed E-state index contributed by atoms with van der Waals surface area (Å²) in [7, 11) is 0. The van der Waals surface area contributed by atoms with E-state index in [1.165, 1.54) is 0 Å². The average molecular weight is 222 g/mol. The van der Waals surface area contributed by atoms with Crippen LogP contribution in [0.2, 0.25) is 5.02 Å². The van der Waals surface area contributed by atoms with Crippen LogP contribution < -0.4 is 0 Å². The normalized spacial score (nSPS) is 10.2. The fourth-order valence-electron chi connectivity index (χ4n) is 1.22. The van der Waals surface area contributed by atoms with E-state index in [9.17, 15) is 4.79 Å². The molecule has 0 spiro atoms. The van der Waals surface area contributed by atoms with E-state index in [1.807, 2.05) is 12.1 Å². The molecule has 0 atom stereocenters. The van der Waals surface area contributed by atoms with E-state index < -0.39 is 0 Å². The third-order valence-electron chi connectivity index (χ3n) is 1.91. The highest BCUT2D eigenvalue weighted by Crippen LogP contribution is 2.13. The lowest BCUT2D eigenvalue weighted by atomic mass is 10.3. The van der Waals surface area contributed by atoms with Crippen LogP contribution in [0.5, 0.6) is 0 Å². The van der Waals surface area contributed by atoms with E-state index >= 15 is 0 Å². The van der Waals surface area contributed by atoms with Gasteiger partial charge in [-0.1, -0.05) is 22.9 Å². The smallest absolute Gasteiger partial charge is 0.126 e. The Morgan fingerprint density at radius 3 is 3.07 bits per heavy atom. The summed E-state index contributed by atoms with van der Waals surface area (Å²) in [6, 6.07) is 7.26. The van der Waals surface area contributed by atoms with E-state index in [4.69, 9.17) is 11.6 Å². The zero-order chi connectivity index (χ0) is 10.7. The van der Waals surface area contributed by atoms with Gasteiger partial charge in [0.05, 0.1) is 17.6 Å². The molecule has 0 amide bonds. The second kappa shape index (κ2) is 4.23. The molecule has 5 heteroatoms. The Hall–Kier alpha value is -1.68. The van der Waals surface area contributed by atoms with Crippen molar-refractivity contribution >= 4 is 17.9 Å². The molecule has 76 valence electrons. The highest BCUT2D eigenvalue weighted by atomic mass is 35.5. The molecular weight excluding hydrogens is 214 g/mol. The lowest BCUT2D eigenvalue weighted by molar-refractivity contribution is -0.107. The molecule has 1 heterocycles. The number of aldehydes is 1. The highest BCUT2D eigenvalue weighted by Gasteiger charge is 2.02. The van der Waals surface area contributed by atoms with Crippen LogP contribution in [0.4, 0.5) is 0 Å². The first-order valence-corrected chi connectivity index (χ1v) is 4.78. The molecule has 1 aromatic carbocycles. The number of benzene rings is 1. The van der Waals surface area contributed by atoms with Crippen molar-refractivity contribution in [2.45, 2.75) is 6.42 Å². The predicted molar refractivity (Wildman–Crippen MR) is 56.1 cm³/mol. The molecule has 0 aliphatic rings. The van der Waals surface area contributed by atoms with Crippen molar-refractivity contribution in [3.63, 3.8) is 0 Å². The lowest BCUT2D eigenvalue weighted by Gasteiger charge is -1.98. The number of hydrogen-bond acceptors (Lipinski definition) is 3. The first kappa shape index (κ1) is 9.86. The van der Waals surface area contributed by atoms with Gasteiger partial charge in [0, 0.05) is 11.4 Å². The van der Waals surface area contributed by atoms with Gasteiger partial charge in [0.1, 0.15) is 6.29 Å².